The smallest absolute Gasteiger partial charge is 0.336 e. The molecule has 9 atom stereocenters. The second-order valence-electron chi connectivity index (χ2n) is 10.5. The Balaban J connectivity index is 1.17. The Morgan fingerprint density at radius 1 is 0.978 bits per heavy atom. The molecule has 3 aliphatic heterocycles. The lowest BCUT2D eigenvalue weighted by molar-refractivity contribution is -0.234. The predicted octanol–water partition coefficient (Wildman–Crippen LogP) is -1.71. The van der Waals surface area contributed by atoms with Gasteiger partial charge in [0.25, 0.3) is 7.82 Å². The number of hydrogen-bond donors (Lipinski definition) is 4. The number of nitrogen functional groups attached to an aromatic ring is 3. The van der Waals surface area contributed by atoms with E-state index >= 15 is 4.39 Å². The molecule has 0 amide bonds. The fraction of sp³-hybridized carbons (Fsp3) is 0.524. The molecule has 21 nitrogen and oxygen atoms in total. The van der Waals surface area contributed by atoms with Crippen LogP contribution in [0.25, 0.3) is 22.3 Å². The van der Waals surface area contributed by atoms with E-state index < -0.39 is 80.2 Å². The highest BCUT2D eigenvalue weighted by Crippen LogP contribution is 2.49. The summed E-state index contributed by atoms with van der Waals surface area (Å²) in [6.45, 7) is 0.218. The molecule has 7 N–H and O–H groups in total. The standard InChI is InChI=1S/C21H26FN12O9PS/c1-7-13-8(40-19(7)33-5-28-11-15(23)26-4-27-17(11)33)2-30-45(37,38)43-14-9(3-39-44(35,36)42-13)41-20(10(14)22)34-6-29-12-16(24)31-21(25)32-18(12)34/h4-10,13-14,19-20,30H,2-3H2,1H3,(H,35,36)(H2,23,26,27)(H4,24,25,31,32)/p-1/t7-,8-,9-,10-,13+,14-,19-,20-/m1/s1. The third-order valence-corrected chi connectivity index (χ3v) is 9.63. The number of hydrogen-bond acceptors (Lipinski definition) is 18. The summed E-state index contributed by atoms with van der Waals surface area (Å²) < 4.78 is 87.3. The van der Waals surface area contributed by atoms with Crippen LogP contribution in [0, 0.1) is 5.92 Å². The summed E-state index contributed by atoms with van der Waals surface area (Å²) in [5.74, 6) is -0.942. The number of aromatic nitrogens is 8. The van der Waals surface area contributed by atoms with Crippen molar-refractivity contribution in [2.24, 2.45) is 5.92 Å². The van der Waals surface area contributed by atoms with Gasteiger partial charge in [0.1, 0.15) is 48.0 Å². The highest BCUT2D eigenvalue weighted by atomic mass is 32.2. The average Bonchev–Trinajstić information content (AvgIpc) is 3.72. The van der Waals surface area contributed by atoms with Gasteiger partial charge in [0, 0.05) is 12.5 Å². The number of anilines is 3. The number of fused-ring (bicyclic) bond motifs is 4. The summed E-state index contributed by atoms with van der Waals surface area (Å²) >= 11 is 0. The second-order valence-corrected chi connectivity index (χ2v) is 13.2. The number of ether oxygens (including phenoxy) is 2. The molecule has 45 heavy (non-hydrogen) atoms. The van der Waals surface area contributed by atoms with E-state index in [0.717, 1.165) is 10.9 Å². The summed E-state index contributed by atoms with van der Waals surface area (Å²) in [4.78, 5) is 37.2. The van der Waals surface area contributed by atoms with Crippen molar-refractivity contribution in [3.05, 3.63) is 19.0 Å². The van der Waals surface area contributed by atoms with Crippen LogP contribution in [0.5, 0.6) is 0 Å². The fourth-order valence-corrected chi connectivity index (χ4v) is 7.58. The number of alkyl halides is 1. The lowest BCUT2D eigenvalue weighted by atomic mass is 10.0. The number of imidazole rings is 2. The van der Waals surface area contributed by atoms with Gasteiger partial charge in [-0.15, -0.1) is 0 Å². The molecule has 3 fully saturated rings. The first-order valence-electron chi connectivity index (χ1n) is 13.3. The van der Waals surface area contributed by atoms with Crippen molar-refractivity contribution in [3.8, 4) is 0 Å². The number of nitrogens with zero attached hydrogens (tertiary/aromatic N) is 8. The van der Waals surface area contributed by atoms with Gasteiger partial charge in [0.05, 0.1) is 19.3 Å². The number of phosphoric ester groups is 1. The molecule has 0 aromatic carbocycles. The zero-order valence-corrected chi connectivity index (χ0v) is 24.7. The van der Waals surface area contributed by atoms with Crippen LogP contribution in [0.3, 0.4) is 0 Å². The number of rotatable bonds is 2. The summed E-state index contributed by atoms with van der Waals surface area (Å²) in [6, 6.07) is 0. The first-order valence-corrected chi connectivity index (χ1v) is 16.1. The van der Waals surface area contributed by atoms with Gasteiger partial charge in [-0.2, -0.15) is 23.1 Å². The van der Waals surface area contributed by atoms with E-state index in [2.05, 4.69) is 34.6 Å². The van der Waals surface area contributed by atoms with Crippen LogP contribution < -0.4 is 26.8 Å². The molecule has 7 rings (SSSR count). The van der Waals surface area contributed by atoms with E-state index in [9.17, 15) is 17.9 Å². The van der Waals surface area contributed by atoms with Crippen LogP contribution in [-0.2, 0) is 37.6 Å². The molecular formula is C21H25FN12O9PS-. The predicted molar refractivity (Wildman–Crippen MR) is 146 cm³/mol. The van der Waals surface area contributed by atoms with E-state index in [-0.39, 0.29) is 39.9 Å². The van der Waals surface area contributed by atoms with Crippen molar-refractivity contribution in [2.45, 2.75) is 50.0 Å². The van der Waals surface area contributed by atoms with Gasteiger partial charge in [-0.05, 0) is 0 Å². The fourth-order valence-electron chi connectivity index (χ4n) is 5.60. The molecule has 242 valence electrons. The van der Waals surface area contributed by atoms with Gasteiger partial charge in [-0.1, -0.05) is 6.92 Å². The van der Waals surface area contributed by atoms with Crippen molar-refractivity contribution in [1.82, 2.24) is 43.8 Å². The minimum absolute atomic E-state index is 0.0157. The number of phosphoric acid groups is 1. The maximum atomic E-state index is 15.9. The Morgan fingerprint density at radius 2 is 1.67 bits per heavy atom. The largest absolute Gasteiger partial charge is 0.756 e. The maximum absolute atomic E-state index is 15.9. The van der Waals surface area contributed by atoms with Crippen LogP contribution >= 0.6 is 7.82 Å². The molecule has 4 aromatic rings. The van der Waals surface area contributed by atoms with Crippen LogP contribution in [0.2, 0.25) is 0 Å². The number of halogens is 1. The van der Waals surface area contributed by atoms with E-state index in [1.807, 2.05) is 0 Å². The molecular weight excluding hydrogens is 646 g/mol. The summed E-state index contributed by atoms with van der Waals surface area (Å²) in [6.07, 6.45) is -6.89. The molecule has 24 heteroatoms. The SMILES string of the molecule is C[C@@H]1[C@@H]2OP(=O)([O-])OC[C@H]3O[C@@H](n4cnc5c(N)nc(N)nc54)[C@H](F)[C@@H]3OS(=O)(=O)NC[C@H]2O[C@H]1n1cnc2c(N)ncnc21. The highest BCUT2D eigenvalue weighted by Gasteiger charge is 2.52. The summed E-state index contributed by atoms with van der Waals surface area (Å²) in [5.41, 5.74) is 18.0. The molecule has 0 aliphatic carbocycles. The van der Waals surface area contributed by atoms with Crippen molar-refractivity contribution in [1.29, 1.82) is 0 Å². The molecule has 0 radical (unpaired) electrons. The Hall–Kier alpha value is -3.67. The Bertz CT molecular complexity index is 1950. The minimum Gasteiger partial charge on any atom is -0.756 e. The van der Waals surface area contributed by atoms with Gasteiger partial charge >= 0.3 is 10.3 Å². The molecule has 7 heterocycles. The van der Waals surface area contributed by atoms with Crippen molar-refractivity contribution in [2.75, 3.05) is 30.4 Å². The molecule has 0 bridgehead atoms. The second kappa shape index (κ2) is 10.7. The van der Waals surface area contributed by atoms with Gasteiger partial charge in [-0.3, -0.25) is 13.7 Å². The first-order chi connectivity index (χ1) is 21.3. The topological polar surface area (TPSA) is 298 Å². The van der Waals surface area contributed by atoms with Gasteiger partial charge in [-0.25, -0.2) is 28.5 Å². The van der Waals surface area contributed by atoms with Gasteiger partial charge < -0.3 is 40.6 Å². The van der Waals surface area contributed by atoms with Crippen molar-refractivity contribution in [3.63, 3.8) is 0 Å². The van der Waals surface area contributed by atoms with Crippen LogP contribution in [0.4, 0.5) is 22.0 Å². The Labute approximate surface area is 252 Å². The average molecular weight is 672 g/mol. The maximum Gasteiger partial charge on any atom is 0.336 e. The van der Waals surface area contributed by atoms with Crippen molar-refractivity contribution >= 4 is 58.0 Å². The van der Waals surface area contributed by atoms with Gasteiger partial charge in [0.15, 0.2) is 35.3 Å². The highest BCUT2D eigenvalue weighted by molar-refractivity contribution is 7.84. The number of nitrogens with two attached hydrogens (primary N) is 3. The zero-order valence-electron chi connectivity index (χ0n) is 23.0. The third-order valence-electron chi connectivity index (χ3n) is 7.66. The Kier molecular flexibility index (Phi) is 7.14. The summed E-state index contributed by atoms with van der Waals surface area (Å²) in [5, 5.41) is 0. The minimum atomic E-state index is -5.15. The van der Waals surface area contributed by atoms with E-state index in [1.54, 1.807) is 6.92 Å². The van der Waals surface area contributed by atoms with E-state index in [4.69, 9.17) is 39.9 Å². The lowest BCUT2D eigenvalue weighted by Gasteiger charge is -2.32. The normalized spacial score (nSPS) is 35.5. The summed E-state index contributed by atoms with van der Waals surface area (Å²) in [7, 11) is -9.84. The molecule has 3 aliphatic rings. The molecule has 0 saturated carbocycles. The number of nitrogens with one attached hydrogen (secondary N) is 1. The first kappa shape index (κ1) is 30.0. The Morgan fingerprint density at radius 3 is 2.42 bits per heavy atom. The van der Waals surface area contributed by atoms with Crippen LogP contribution in [0.15, 0.2) is 19.0 Å². The van der Waals surface area contributed by atoms with E-state index in [0.29, 0.717) is 0 Å². The molecule has 0 spiro atoms. The quantitative estimate of drug-likeness (QED) is 0.172. The monoisotopic (exact) mass is 671 g/mol. The molecule has 4 aromatic heterocycles. The van der Waals surface area contributed by atoms with Crippen LogP contribution in [-0.4, -0.2) is 91.2 Å². The zero-order chi connectivity index (χ0) is 31.8. The third kappa shape index (κ3) is 5.24. The lowest BCUT2D eigenvalue weighted by Crippen LogP contribution is -2.45. The van der Waals surface area contributed by atoms with Gasteiger partial charge in [0.2, 0.25) is 5.95 Å². The molecule has 1 unspecified atom stereocenters. The molecule has 3 saturated heterocycles. The van der Waals surface area contributed by atoms with Crippen molar-refractivity contribution < 1.29 is 45.0 Å². The van der Waals surface area contributed by atoms with E-state index in [1.165, 1.54) is 17.2 Å². The van der Waals surface area contributed by atoms with Crippen LogP contribution in [0.1, 0.15) is 19.4 Å².